The molecule has 0 fully saturated rings. The van der Waals surface area contributed by atoms with Crippen LogP contribution >= 0.6 is 11.8 Å². The molecule has 122 valence electrons. The minimum absolute atomic E-state index is 0.167. The Kier molecular flexibility index (Phi) is 6.35. The molecule has 0 aliphatic heterocycles. The summed E-state index contributed by atoms with van der Waals surface area (Å²) in [5, 5.41) is 2.94. The maximum atomic E-state index is 12.5. The van der Waals surface area contributed by atoms with E-state index in [1.807, 2.05) is 55.6 Å². The number of rotatable bonds is 7. The van der Waals surface area contributed by atoms with Gasteiger partial charge in [0.2, 0.25) is 0 Å². The first-order valence-corrected chi connectivity index (χ1v) is 8.65. The second kappa shape index (κ2) is 8.48. The Labute approximate surface area is 141 Å². The van der Waals surface area contributed by atoms with E-state index >= 15 is 0 Å². The normalized spacial score (nSPS) is 11.6. The first-order valence-electron chi connectivity index (χ1n) is 7.43. The molecule has 1 N–H and O–H groups in total. The predicted octanol–water partition coefficient (Wildman–Crippen LogP) is 4.21. The predicted molar refractivity (Wildman–Crippen MR) is 94.6 cm³/mol. The van der Waals surface area contributed by atoms with Gasteiger partial charge in [0.05, 0.1) is 12.8 Å². The molecule has 0 heterocycles. The average molecular weight is 331 g/mol. The Morgan fingerprint density at radius 2 is 1.78 bits per heavy atom. The number of hydrogen-bond donors (Lipinski definition) is 1. The molecule has 2 aromatic rings. The standard InChI is InChI=1S/C18H21NO3S/c1-4-14(22-16-11-7-6-10-15(16)21-2)18(20)19-13-9-5-8-12-17(13)23-3/h5-12,14H,4H2,1-3H3,(H,19,20). The maximum Gasteiger partial charge on any atom is 0.265 e. The highest BCUT2D eigenvalue weighted by atomic mass is 32.2. The molecule has 1 amide bonds. The molecule has 0 radical (unpaired) electrons. The summed E-state index contributed by atoms with van der Waals surface area (Å²) < 4.78 is 11.1. The highest BCUT2D eigenvalue weighted by Crippen LogP contribution is 2.28. The highest BCUT2D eigenvalue weighted by molar-refractivity contribution is 7.98. The number of benzene rings is 2. The van der Waals surface area contributed by atoms with E-state index in [4.69, 9.17) is 9.47 Å². The van der Waals surface area contributed by atoms with Gasteiger partial charge in [-0.25, -0.2) is 0 Å². The molecule has 0 saturated heterocycles. The van der Waals surface area contributed by atoms with Crippen LogP contribution in [0.2, 0.25) is 0 Å². The number of hydrogen-bond acceptors (Lipinski definition) is 4. The van der Waals surface area contributed by atoms with Crippen LogP contribution in [-0.4, -0.2) is 25.4 Å². The molecule has 0 aliphatic rings. The van der Waals surface area contributed by atoms with Crippen molar-refractivity contribution in [3.63, 3.8) is 0 Å². The molecule has 0 saturated carbocycles. The third-order valence-corrected chi connectivity index (χ3v) is 4.16. The Balaban J connectivity index is 2.12. The summed E-state index contributed by atoms with van der Waals surface area (Å²) in [5.74, 6) is 1.01. The van der Waals surface area contributed by atoms with Gasteiger partial charge in [-0.05, 0) is 36.9 Å². The topological polar surface area (TPSA) is 47.6 Å². The molecule has 4 nitrogen and oxygen atoms in total. The lowest BCUT2D eigenvalue weighted by Gasteiger charge is -2.19. The number of carbonyl (C=O) groups is 1. The van der Waals surface area contributed by atoms with Gasteiger partial charge in [-0.1, -0.05) is 31.2 Å². The number of amides is 1. The number of thioether (sulfide) groups is 1. The fourth-order valence-corrected chi connectivity index (χ4v) is 2.71. The average Bonchev–Trinajstić information content (AvgIpc) is 2.60. The van der Waals surface area contributed by atoms with Crippen molar-refractivity contribution in [2.75, 3.05) is 18.7 Å². The molecule has 0 aliphatic carbocycles. The van der Waals surface area contributed by atoms with Crippen molar-refractivity contribution in [3.05, 3.63) is 48.5 Å². The van der Waals surface area contributed by atoms with E-state index < -0.39 is 6.10 Å². The third-order valence-electron chi connectivity index (χ3n) is 3.37. The zero-order valence-corrected chi connectivity index (χ0v) is 14.4. The second-order valence-corrected chi connectivity index (χ2v) is 5.70. The lowest BCUT2D eigenvalue weighted by atomic mass is 10.2. The van der Waals surface area contributed by atoms with Crippen molar-refractivity contribution in [1.82, 2.24) is 0 Å². The van der Waals surface area contributed by atoms with Crippen LogP contribution < -0.4 is 14.8 Å². The van der Waals surface area contributed by atoms with E-state index in [-0.39, 0.29) is 5.91 Å². The summed E-state index contributed by atoms with van der Waals surface area (Å²) in [6.07, 6.45) is 1.96. The van der Waals surface area contributed by atoms with Crippen molar-refractivity contribution in [2.24, 2.45) is 0 Å². The van der Waals surface area contributed by atoms with Gasteiger partial charge in [-0.15, -0.1) is 11.8 Å². The van der Waals surface area contributed by atoms with Crippen LogP contribution in [-0.2, 0) is 4.79 Å². The molecular weight excluding hydrogens is 310 g/mol. The quantitative estimate of drug-likeness (QED) is 0.772. The van der Waals surface area contributed by atoms with Gasteiger partial charge < -0.3 is 14.8 Å². The Morgan fingerprint density at radius 3 is 2.43 bits per heavy atom. The number of para-hydroxylation sites is 3. The van der Waals surface area contributed by atoms with E-state index in [0.717, 1.165) is 10.6 Å². The zero-order chi connectivity index (χ0) is 16.7. The van der Waals surface area contributed by atoms with Crippen LogP contribution in [0.3, 0.4) is 0 Å². The summed E-state index contributed by atoms with van der Waals surface area (Å²) >= 11 is 1.59. The molecule has 1 unspecified atom stereocenters. The van der Waals surface area contributed by atoms with Crippen LogP contribution in [0.25, 0.3) is 0 Å². The van der Waals surface area contributed by atoms with Gasteiger partial charge in [-0.3, -0.25) is 4.79 Å². The van der Waals surface area contributed by atoms with Crippen LogP contribution in [0.4, 0.5) is 5.69 Å². The summed E-state index contributed by atoms with van der Waals surface area (Å²) in [7, 11) is 1.58. The molecule has 5 heteroatoms. The minimum Gasteiger partial charge on any atom is -0.493 e. The summed E-state index contributed by atoms with van der Waals surface area (Å²) in [4.78, 5) is 13.6. The molecule has 23 heavy (non-hydrogen) atoms. The van der Waals surface area contributed by atoms with Crippen LogP contribution in [0, 0.1) is 0 Å². The number of methoxy groups -OCH3 is 1. The first-order chi connectivity index (χ1) is 11.2. The van der Waals surface area contributed by atoms with E-state index in [0.29, 0.717) is 17.9 Å². The van der Waals surface area contributed by atoms with E-state index in [9.17, 15) is 4.79 Å². The summed E-state index contributed by atoms with van der Waals surface area (Å²) in [6.45, 7) is 1.92. The minimum atomic E-state index is -0.582. The first kappa shape index (κ1) is 17.2. The fraction of sp³-hybridized carbons (Fsp3) is 0.278. The van der Waals surface area contributed by atoms with Crippen molar-refractivity contribution < 1.29 is 14.3 Å². The number of carbonyl (C=O) groups excluding carboxylic acids is 1. The Bertz CT molecular complexity index is 660. The SMILES string of the molecule is CCC(Oc1ccccc1OC)C(=O)Nc1ccccc1SC. The molecule has 1 atom stereocenters. The molecule has 2 rings (SSSR count). The number of anilines is 1. The summed E-state index contributed by atoms with van der Waals surface area (Å²) in [5.41, 5.74) is 0.798. The van der Waals surface area contributed by atoms with Crippen LogP contribution in [0.1, 0.15) is 13.3 Å². The third kappa shape index (κ3) is 4.42. The lowest BCUT2D eigenvalue weighted by molar-refractivity contribution is -0.122. The van der Waals surface area contributed by atoms with Gasteiger partial charge in [0.25, 0.3) is 5.91 Å². The van der Waals surface area contributed by atoms with Crippen LogP contribution in [0.5, 0.6) is 11.5 Å². The van der Waals surface area contributed by atoms with Crippen molar-refractivity contribution in [1.29, 1.82) is 0 Å². The molecular formula is C18H21NO3S. The summed E-state index contributed by atoms with van der Waals surface area (Å²) in [6, 6.07) is 15.0. The molecule has 0 bridgehead atoms. The lowest BCUT2D eigenvalue weighted by Crippen LogP contribution is -2.32. The van der Waals surface area contributed by atoms with Crippen LogP contribution in [0.15, 0.2) is 53.4 Å². The number of ether oxygens (including phenoxy) is 2. The van der Waals surface area contributed by atoms with Crippen molar-refractivity contribution >= 4 is 23.4 Å². The zero-order valence-electron chi connectivity index (χ0n) is 13.5. The van der Waals surface area contributed by atoms with Crippen molar-refractivity contribution in [3.8, 4) is 11.5 Å². The van der Waals surface area contributed by atoms with Gasteiger partial charge in [0.15, 0.2) is 17.6 Å². The number of nitrogens with one attached hydrogen (secondary N) is 1. The second-order valence-electron chi connectivity index (χ2n) is 4.86. The molecule has 0 spiro atoms. The molecule has 2 aromatic carbocycles. The fourth-order valence-electron chi connectivity index (χ4n) is 2.15. The maximum absolute atomic E-state index is 12.5. The van der Waals surface area contributed by atoms with Gasteiger partial charge in [0.1, 0.15) is 0 Å². The van der Waals surface area contributed by atoms with Gasteiger partial charge in [0, 0.05) is 4.90 Å². The van der Waals surface area contributed by atoms with E-state index in [1.165, 1.54) is 0 Å². The van der Waals surface area contributed by atoms with Gasteiger partial charge in [-0.2, -0.15) is 0 Å². The van der Waals surface area contributed by atoms with Gasteiger partial charge >= 0.3 is 0 Å². The van der Waals surface area contributed by atoms with E-state index in [2.05, 4.69) is 5.32 Å². The monoisotopic (exact) mass is 331 g/mol. The smallest absolute Gasteiger partial charge is 0.265 e. The largest absolute Gasteiger partial charge is 0.493 e. The Morgan fingerprint density at radius 1 is 1.13 bits per heavy atom. The van der Waals surface area contributed by atoms with Crippen molar-refractivity contribution in [2.45, 2.75) is 24.3 Å². The highest BCUT2D eigenvalue weighted by Gasteiger charge is 2.20. The Hall–Kier alpha value is -2.14. The van der Waals surface area contributed by atoms with E-state index in [1.54, 1.807) is 24.9 Å². The molecule has 0 aromatic heterocycles.